The Morgan fingerprint density at radius 2 is 1.94 bits per heavy atom. The highest BCUT2D eigenvalue weighted by atomic mass is 16.5. The van der Waals surface area contributed by atoms with Crippen LogP contribution >= 0.6 is 0 Å². The number of rotatable bonds is 6. The lowest BCUT2D eigenvalue weighted by molar-refractivity contribution is -0.120. The number of fused-ring (bicyclic) bond motifs is 5. The number of hydrogen-bond acceptors (Lipinski definition) is 5. The molecule has 0 bridgehead atoms. The minimum absolute atomic E-state index is 0.0439. The van der Waals surface area contributed by atoms with Crippen LogP contribution in [0.2, 0.25) is 0 Å². The SMILES string of the molecule is CCN(CC)CCn1c2ccc(-c3ncco3)cc2c2c3c(ccc21)N(C)C(=O)CO3. The topological polar surface area (TPSA) is 63.7 Å². The number of oxazole rings is 1. The van der Waals surface area contributed by atoms with Gasteiger partial charge in [0, 0.05) is 36.6 Å². The molecule has 0 fully saturated rings. The highest BCUT2D eigenvalue weighted by Crippen LogP contribution is 2.44. The fraction of sp³-hybridized carbons (Fsp3) is 0.333. The third-order valence-electron chi connectivity index (χ3n) is 6.25. The van der Waals surface area contributed by atoms with Gasteiger partial charge in [0.25, 0.3) is 5.91 Å². The fourth-order valence-corrected chi connectivity index (χ4v) is 4.44. The zero-order valence-electron chi connectivity index (χ0n) is 18.1. The van der Waals surface area contributed by atoms with Gasteiger partial charge in [0.2, 0.25) is 5.89 Å². The zero-order valence-corrected chi connectivity index (χ0v) is 18.1. The van der Waals surface area contributed by atoms with Gasteiger partial charge in [-0.05, 0) is 43.4 Å². The summed E-state index contributed by atoms with van der Waals surface area (Å²) >= 11 is 0. The summed E-state index contributed by atoms with van der Waals surface area (Å²) in [5.41, 5.74) is 3.95. The summed E-state index contributed by atoms with van der Waals surface area (Å²) in [6.45, 7) is 8.30. The summed E-state index contributed by atoms with van der Waals surface area (Å²) in [7, 11) is 1.80. The molecule has 1 aliphatic rings. The van der Waals surface area contributed by atoms with E-state index in [1.165, 1.54) is 0 Å². The molecule has 160 valence electrons. The highest BCUT2D eigenvalue weighted by molar-refractivity contribution is 6.15. The quantitative estimate of drug-likeness (QED) is 0.471. The standard InChI is InChI=1S/C24H26N4O3/c1-4-27(5-2)11-12-28-18-7-6-16(24-25-10-13-30-24)14-17(18)22-19(28)8-9-20-23(22)31-15-21(29)26(20)3/h6-10,13-14H,4-5,11-12,15H2,1-3H3. The number of ether oxygens (including phenoxy) is 1. The van der Waals surface area contributed by atoms with Crippen LogP contribution in [0.25, 0.3) is 33.3 Å². The molecule has 7 nitrogen and oxygen atoms in total. The minimum atomic E-state index is -0.0439. The van der Waals surface area contributed by atoms with E-state index in [9.17, 15) is 4.79 Å². The number of carbonyl (C=O) groups is 1. The largest absolute Gasteiger partial charge is 0.481 e. The molecule has 0 radical (unpaired) electrons. The van der Waals surface area contributed by atoms with Gasteiger partial charge in [-0.3, -0.25) is 4.79 Å². The predicted octanol–water partition coefficient (Wildman–Crippen LogP) is 4.15. The van der Waals surface area contributed by atoms with E-state index in [2.05, 4.69) is 46.5 Å². The summed E-state index contributed by atoms with van der Waals surface area (Å²) in [6, 6.07) is 10.4. The van der Waals surface area contributed by atoms with Crippen LogP contribution < -0.4 is 9.64 Å². The predicted molar refractivity (Wildman–Crippen MR) is 122 cm³/mol. The van der Waals surface area contributed by atoms with Crippen molar-refractivity contribution >= 4 is 33.4 Å². The van der Waals surface area contributed by atoms with Gasteiger partial charge in [0.15, 0.2) is 12.4 Å². The Kier molecular flexibility index (Phi) is 4.90. The van der Waals surface area contributed by atoms with E-state index in [1.807, 2.05) is 12.1 Å². The van der Waals surface area contributed by atoms with E-state index >= 15 is 0 Å². The lowest BCUT2D eigenvalue weighted by atomic mass is 10.1. The van der Waals surface area contributed by atoms with Crippen LogP contribution in [-0.2, 0) is 11.3 Å². The molecule has 0 atom stereocenters. The lowest BCUT2D eigenvalue weighted by Gasteiger charge is -2.26. The summed E-state index contributed by atoms with van der Waals surface area (Å²) in [5.74, 6) is 1.30. The van der Waals surface area contributed by atoms with Gasteiger partial charge in [0.05, 0.1) is 22.8 Å². The fourth-order valence-electron chi connectivity index (χ4n) is 4.44. The van der Waals surface area contributed by atoms with Gasteiger partial charge in [-0.25, -0.2) is 4.98 Å². The number of likely N-dealkylation sites (N-methyl/N-ethyl adjacent to an activating group) is 2. The molecule has 7 heteroatoms. The number of nitrogens with zero attached hydrogens (tertiary/aromatic N) is 4. The molecule has 2 aromatic heterocycles. The number of anilines is 1. The second kappa shape index (κ2) is 7.74. The molecule has 5 rings (SSSR count). The van der Waals surface area contributed by atoms with Crippen LogP contribution in [0.5, 0.6) is 5.75 Å². The molecule has 0 aliphatic carbocycles. The average molecular weight is 418 g/mol. The molecule has 1 amide bonds. The Morgan fingerprint density at radius 1 is 1.13 bits per heavy atom. The molecule has 0 unspecified atom stereocenters. The van der Waals surface area contributed by atoms with Crippen molar-refractivity contribution in [2.24, 2.45) is 0 Å². The smallest absolute Gasteiger partial charge is 0.264 e. The molecule has 3 heterocycles. The monoisotopic (exact) mass is 418 g/mol. The van der Waals surface area contributed by atoms with E-state index in [4.69, 9.17) is 9.15 Å². The Bertz CT molecular complexity index is 1260. The maximum atomic E-state index is 12.2. The second-order valence-electron chi connectivity index (χ2n) is 7.80. The van der Waals surface area contributed by atoms with Crippen molar-refractivity contribution < 1.29 is 13.9 Å². The third-order valence-corrected chi connectivity index (χ3v) is 6.25. The first-order chi connectivity index (χ1) is 15.1. The van der Waals surface area contributed by atoms with E-state index in [0.29, 0.717) is 5.89 Å². The molecule has 31 heavy (non-hydrogen) atoms. The number of carbonyl (C=O) groups excluding carboxylic acids is 1. The van der Waals surface area contributed by atoms with Crippen molar-refractivity contribution in [1.82, 2.24) is 14.5 Å². The molecule has 2 aromatic carbocycles. The average Bonchev–Trinajstić information content (AvgIpc) is 3.43. The summed E-state index contributed by atoms with van der Waals surface area (Å²) < 4.78 is 13.9. The maximum absolute atomic E-state index is 12.2. The Balaban J connectivity index is 1.74. The molecule has 0 saturated carbocycles. The first-order valence-corrected chi connectivity index (χ1v) is 10.7. The van der Waals surface area contributed by atoms with Crippen molar-refractivity contribution in [2.75, 3.05) is 38.2 Å². The Morgan fingerprint density at radius 3 is 2.68 bits per heavy atom. The maximum Gasteiger partial charge on any atom is 0.264 e. The lowest BCUT2D eigenvalue weighted by Crippen LogP contribution is -2.35. The van der Waals surface area contributed by atoms with Gasteiger partial charge < -0.3 is 23.5 Å². The van der Waals surface area contributed by atoms with Crippen molar-refractivity contribution in [3.63, 3.8) is 0 Å². The van der Waals surface area contributed by atoms with Gasteiger partial charge in [-0.15, -0.1) is 0 Å². The van der Waals surface area contributed by atoms with Gasteiger partial charge >= 0.3 is 0 Å². The van der Waals surface area contributed by atoms with Crippen LogP contribution in [0.3, 0.4) is 0 Å². The van der Waals surface area contributed by atoms with Crippen LogP contribution in [0.1, 0.15) is 13.8 Å². The zero-order chi connectivity index (χ0) is 21.5. The van der Waals surface area contributed by atoms with Crippen LogP contribution in [0, 0.1) is 0 Å². The molecule has 0 spiro atoms. The normalized spacial score (nSPS) is 13.9. The molecular weight excluding hydrogens is 392 g/mol. The third kappa shape index (κ3) is 3.16. The van der Waals surface area contributed by atoms with Crippen LogP contribution in [0.15, 0.2) is 47.2 Å². The molecule has 0 N–H and O–H groups in total. The first kappa shape index (κ1) is 19.6. The second-order valence-corrected chi connectivity index (χ2v) is 7.80. The van der Waals surface area contributed by atoms with Crippen LogP contribution in [0.4, 0.5) is 5.69 Å². The highest BCUT2D eigenvalue weighted by Gasteiger charge is 2.27. The number of aromatic nitrogens is 2. The molecule has 4 aromatic rings. The minimum Gasteiger partial charge on any atom is -0.481 e. The van der Waals surface area contributed by atoms with E-state index < -0.39 is 0 Å². The van der Waals surface area contributed by atoms with Crippen molar-refractivity contribution in [3.8, 4) is 17.2 Å². The Hall–Kier alpha value is -3.32. The number of amides is 1. The summed E-state index contributed by atoms with van der Waals surface area (Å²) in [6.07, 6.45) is 3.23. The van der Waals surface area contributed by atoms with E-state index in [1.54, 1.807) is 24.4 Å². The molecular formula is C24H26N4O3. The summed E-state index contributed by atoms with van der Waals surface area (Å²) in [5, 5.41) is 2.10. The molecule has 1 aliphatic heterocycles. The Labute approximate surface area is 180 Å². The van der Waals surface area contributed by atoms with Crippen molar-refractivity contribution in [3.05, 3.63) is 42.8 Å². The summed E-state index contributed by atoms with van der Waals surface area (Å²) in [4.78, 5) is 20.6. The van der Waals surface area contributed by atoms with Gasteiger partial charge in [-0.1, -0.05) is 13.8 Å². The van der Waals surface area contributed by atoms with E-state index in [-0.39, 0.29) is 12.5 Å². The number of hydrogen-bond donors (Lipinski definition) is 0. The van der Waals surface area contributed by atoms with Gasteiger partial charge in [0.1, 0.15) is 6.26 Å². The van der Waals surface area contributed by atoms with Crippen LogP contribution in [-0.4, -0.2) is 53.6 Å². The van der Waals surface area contributed by atoms with Crippen molar-refractivity contribution in [1.29, 1.82) is 0 Å². The van der Waals surface area contributed by atoms with Gasteiger partial charge in [-0.2, -0.15) is 0 Å². The van der Waals surface area contributed by atoms with Crippen molar-refractivity contribution in [2.45, 2.75) is 20.4 Å². The molecule has 0 saturated heterocycles. The first-order valence-electron chi connectivity index (χ1n) is 10.7. The van der Waals surface area contributed by atoms with E-state index in [0.717, 1.165) is 65.0 Å². The number of benzene rings is 2.